The molecule has 1 aromatic heterocycles. The first-order chi connectivity index (χ1) is 12.3. The van der Waals surface area contributed by atoms with Crippen molar-refractivity contribution in [1.82, 2.24) is 10.6 Å². The molecule has 0 aliphatic rings. The van der Waals surface area contributed by atoms with E-state index in [0.717, 1.165) is 0 Å². The summed E-state index contributed by atoms with van der Waals surface area (Å²) in [6.07, 6.45) is 1.17. The molecule has 5 nitrogen and oxygen atoms in total. The van der Waals surface area contributed by atoms with Gasteiger partial charge < -0.3 is 10.6 Å². The molecule has 0 amide bonds. The quantitative estimate of drug-likeness (QED) is 0.557. The number of halogens is 1. The first kappa shape index (κ1) is 20.4. The molecule has 0 unspecified atom stereocenters. The SMILES string of the molecule is CCNC(=NCc1cc(F)ccc1CS(C)(=O)=O)NCc1sccc1C. The maximum Gasteiger partial charge on any atom is 0.191 e. The molecular weight excluding hydrogens is 373 g/mol. The molecular formula is C18H24FN3O2S2. The van der Waals surface area contributed by atoms with Crippen molar-refractivity contribution in [3.63, 3.8) is 0 Å². The van der Waals surface area contributed by atoms with Gasteiger partial charge in [0.1, 0.15) is 5.82 Å². The Hall–Kier alpha value is -1.93. The molecule has 0 radical (unpaired) electrons. The van der Waals surface area contributed by atoms with Crippen molar-refractivity contribution in [3.05, 3.63) is 57.0 Å². The number of aryl methyl sites for hydroxylation is 1. The van der Waals surface area contributed by atoms with Gasteiger partial charge in [0, 0.05) is 17.7 Å². The average Bonchev–Trinajstić information content (AvgIpc) is 2.96. The van der Waals surface area contributed by atoms with Gasteiger partial charge in [-0.25, -0.2) is 17.8 Å². The fraction of sp³-hybridized carbons (Fsp3) is 0.389. The first-order valence-corrected chi connectivity index (χ1v) is 11.2. The van der Waals surface area contributed by atoms with Crippen LogP contribution < -0.4 is 10.6 Å². The molecule has 0 bridgehead atoms. The molecule has 0 spiro atoms. The highest BCUT2D eigenvalue weighted by Gasteiger charge is 2.11. The molecule has 2 rings (SSSR count). The van der Waals surface area contributed by atoms with Gasteiger partial charge >= 0.3 is 0 Å². The maximum atomic E-state index is 13.6. The fourth-order valence-electron chi connectivity index (χ4n) is 2.42. The van der Waals surface area contributed by atoms with Gasteiger partial charge in [-0.15, -0.1) is 11.3 Å². The summed E-state index contributed by atoms with van der Waals surface area (Å²) in [6, 6.07) is 6.19. The Morgan fingerprint density at radius 2 is 2.00 bits per heavy atom. The highest BCUT2D eigenvalue weighted by Crippen LogP contribution is 2.16. The zero-order valence-electron chi connectivity index (χ0n) is 15.2. The van der Waals surface area contributed by atoms with Crippen LogP contribution in [0.4, 0.5) is 4.39 Å². The second-order valence-electron chi connectivity index (χ2n) is 6.06. The van der Waals surface area contributed by atoms with Crippen molar-refractivity contribution >= 4 is 27.1 Å². The predicted molar refractivity (Wildman–Crippen MR) is 106 cm³/mol. The van der Waals surface area contributed by atoms with Gasteiger partial charge in [-0.1, -0.05) is 6.07 Å². The molecule has 8 heteroatoms. The minimum atomic E-state index is -3.21. The van der Waals surface area contributed by atoms with Crippen LogP contribution in [0.25, 0.3) is 0 Å². The van der Waals surface area contributed by atoms with Crippen molar-refractivity contribution < 1.29 is 12.8 Å². The third kappa shape index (κ3) is 6.42. The van der Waals surface area contributed by atoms with E-state index in [1.807, 2.05) is 12.3 Å². The number of guanidine groups is 1. The van der Waals surface area contributed by atoms with Crippen molar-refractivity contribution in [1.29, 1.82) is 0 Å². The van der Waals surface area contributed by atoms with E-state index in [4.69, 9.17) is 0 Å². The van der Waals surface area contributed by atoms with E-state index in [-0.39, 0.29) is 12.3 Å². The zero-order valence-corrected chi connectivity index (χ0v) is 16.8. The van der Waals surface area contributed by atoms with E-state index in [1.54, 1.807) is 11.3 Å². The molecule has 1 heterocycles. The van der Waals surface area contributed by atoms with Crippen molar-refractivity contribution in [2.45, 2.75) is 32.7 Å². The molecule has 0 saturated carbocycles. The molecule has 0 atom stereocenters. The van der Waals surface area contributed by atoms with E-state index in [2.05, 4.69) is 28.6 Å². The van der Waals surface area contributed by atoms with E-state index in [0.29, 0.717) is 30.2 Å². The smallest absolute Gasteiger partial charge is 0.191 e. The standard InChI is InChI=1S/C18H24FN3O2S2/c1-4-20-18(22-11-17-13(2)7-8-25-17)21-10-15-9-16(19)6-5-14(15)12-26(3,23)24/h5-9H,4,10-12H2,1-3H3,(H2,20,21,22). The summed E-state index contributed by atoms with van der Waals surface area (Å²) in [4.78, 5) is 5.70. The van der Waals surface area contributed by atoms with Crippen molar-refractivity contribution in [2.75, 3.05) is 12.8 Å². The van der Waals surface area contributed by atoms with E-state index in [1.165, 1.54) is 34.9 Å². The summed E-state index contributed by atoms with van der Waals surface area (Å²) in [5, 5.41) is 8.44. The highest BCUT2D eigenvalue weighted by molar-refractivity contribution is 7.89. The molecule has 1 aromatic carbocycles. The van der Waals surface area contributed by atoms with Crippen LogP contribution >= 0.6 is 11.3 Å². The van der Waals surface area contributed by atoms with E-state index < -0.39 is 15.7 Å². The predicted octanol–water partition coefficient (Wildman–Crippen LogP) is 3.00. The van der Waals surface area contributed by atoms with Crippen LogP contribution in [0, 0.1) is 12.7 Å². The molecule has 0 aliphatic carbocycles. The van der Waals surface area contributed by atoms with Gasteiger partial charge in [0.05, 0.1) is 18.8 Å². The molecule has 0 aliphatic heterocycles. The summed E-state index contributed by atoms with van der Waals surface area (Å²) in [5.41, 5.74) is 2.36. The summed E-state index contributed by atoms with van der Waals surface area (Å²) in [6.45, 7) is 5.55. The van der Waals surface area contributed by atoms with Gasteiger partial charge in [-0.3, -0.25) is 0 Å². The lowest BCUT2D eigenvalue weighted by Crippen LogP contribution is -2.36. The van der Waals surface area contributed by atoms with Crippen LogP contribution in [0.3, 0.4) is 0 Å². The lowest BCUT2D eigenvalue weighted by molar-refractivity contribution is 0.600. The molecule has 2 N–H and O–H groups in total. The number of hydrogen-bond acceptors (Lipinski definition) is 4. The van der Waals surface area contributed by atoms with Gasteiger partial charge in [0.2, 0.25) is 0 Å². The number of aliphatic imine (C=N–C) groups is 1. The second-order valence-corrected chi connectivity index (χ2v) is 9.20. The third-order valence-corrected chi connectivity index (χ3v) is 5.58. The minimum Gasteiger partial charge on any atom is -0.357 e. The van der Waals surface area contributed by atoms with Crippen LogP contribution in [0.2, 0.25) is 0 Å². The van der Waals surface area contributed by atoms with E-state index in [9.17, 15) is 12.8 Å². The Bertz CT molecular complexity index is 876. The Morgan fingerprint density at radius 1 is 1.23 bits per heavy atom. The normalized spacial score (nSPS) is 12.2. The first-order valence-electron chi connectivity index (χ1n) is 8.28. The largest absolute Gasteiger partial charge is 0.357 e. The number of nitrogens with zero attached hydrogens (tertiary/aromatic N) is 1. The lowest BCUT2D eigenvalue weighted by Gasteiger charge is -2.12. The molecule has 0 saturated heterocycles. The van der Waals surface area contributed by atoms with Crippen molar-refractivity contribution in [3.8, 4) is 0 Å². The van der Waals surface area contributed by atoms with Gasteiger partial charge in [-0.05, 0) is 54.1 Å². The van der Waals surface area contributed by atoms with Crippen LogP contribution in [-0.4, -0.2) is 27.2 Å². The van der Waals surface area contributed by atoms with Crippen LogP contribution in [0.15, 0.2) is 34.6 Å². The van der Waals surface area contributed by atoms with E-state index >= 15 is 0 Å². The Balaban J connectivity index is 2.15. The Kier molecular flexibility index (Phi) is 7.16. The zero-order chi connectivity index (χ0) is 19.2. The lowest BCUT2D eigenvalue weighted by atomic mass is 10.1. The van der Waals surface area contributed by atoms with Crippen LogP contribution in [0.5, 0.6) is 0 Å². The molecule has 142 valence electrons. The summed E-state index contributed by atoms with van der Waals surface area (Å²) < 4.78 is 36.8. The number of sulfone groups is 1. The average molecular weight is 398 g/mol. The molecule has 2 aromatic rings. The number of hydrogen-bond donors (Lipinski definition) is 2. The summed E-state index contributed by atoms with van der Waals surface area (Å²) in [5.74, 6) is 0.0747. The Labute approximate surface area is 158 Å². The number of benzene rings is 1. The number of thiophene rings is 1. The summed E-state index contributed by atoms with van der Waals surface area (Å²) >= 11 is 1.67. The molecule has 0 fully saturated rings. The number of nitrogens with one attached hydrogen (secondary N) is 2. The van der Waals surface area contributed by atoms with Crippen molar-refractivity contribution in [2.24, 2.45) is 4.99 Å². The van der Waals surface area contributed by atoms with Crippen LogP contribution in [0.1, 0.15) is 28.5 Å². The third-order valence-electron chi connectivity index (χ3n) is 3.72. The minimum absolute atomic E-state index is 0.128. The monoisotopic (exact) mass is 397 g/mol. The van der Waals surface area contributed by atoms with Crippen LogP contribution in [-0.2, 0) is 28.7 Å². The summed E-state index contributed by atoms with van der Waals surface area (Å²) in [7, 11) is -3.21. The second kappa shape index (κ2) is 9.14. The maximum absolute atomic E-state index is 13.6. The van der Waals surface area contributed by atoms with Gasteiger partial charge in [0.25, 0.3) is 0 Å². The van der Waals surface area contributed by atoms with Gasteiger partial charge in [-0.2, -0.15) is 0 Å². The Morgan fingerprint density at radius 3 is 2.62 bits per heavy atom. The highest BCUT2D eigenvalue weighted by atomic mass is 32.2. The number of rotatable bonds is 7. The topological polar surface area (TPSA) is 70.6 Å². The fourth-order valence-corrected chi connectivity index (χ4v) is 4.11. The van der Waals surface area contributed by atoms with Gasteiger partial charge in [0.15, 0.2) is 15.8 Å². The molecule has 26 heavy (non-hydrogen) atoms.